The molecule has 0 bridgehead atoms. The molecule has 2 rings (SSSR count). The summed E-state index contributed by atoms with van der Waals surface area (Å²) in [5, 5.41) is 0. The van der Waals surface area contributed by atoms with Crippen molar-refractivity contribution in [3.05, 3.63) is 23.9 Å². The zero-order valence-electron chi connectivity index (χ0n) is 11.5. The first-order valence-electron chi connectivity index (χ1n) is 6.66. The summed E-state index contributed by atoms with van der Waals surface area (Å²) in [5.41, 5.74) is 1.15. The number of nitrogens with zero attached hydrogens (tertiary/aromatic N) is 2. The van der Waals surface area contributed by atoms with E-state index in [-0.39, 0.29) is 0 Å². The van der Waals surface area contributed by atoms with Crippen LogP contribution in [0.4, 0.5) is 5.82 Å². The summed E-state index contributed by atoms with van der Waals surface area (Å²) in [5.74, 6) is 0.817. The fourth-order valence-corrected chi connectivity index (χ4v) is 2.74. The van der Waals surface area contributed by atoms with Gasteiger partial charge < -0.3 is 4.90 Å². The Morgan fingerprint density at radius 2 is 2.06 bits per heavy atom. The van der Waals surface area contributed by atoms with Crippen LogP contribution < -0.4 is 4.90 Å². The van der Waals surface area contributed by atoms with E-state index in [4.69, 9.17) is 0 Å². The van der Waals surface area contributed by atoms with Crippen molar-refractivity contribution >= 4 is 12.1 Å². The van der Waals surface area contributed by atoms with E-state index >= 15 is 0 Å². The largest absolute Gasteiger partial charge is 0.356 e. The zero-order chi connectivity index (χ0) is 13.2. The van der Waals surface area contributed by atoms with Gasteiger partial charge in [0.1, 0.15) is 5.82 Å². The highest BCUT2D eigenvalue weighted by Crippen LogP contribution is 2.37. The summed E-state index contributed by atoms with van der Waals surface area (Å²) in [6.45, 7) is 4.67. The van der Waals surface area contributed by atoms with Crippen LogP contribution in [0.15, 0.2) is 18.3 Å². The van der Waals surface area contributed by atoms with Crippen molar-refractivity contribution in [2.75, 3.05) is 11.9 Å². The van der Waals surface area contributed by atoms with Crippen LogP contribution in [0.1, 0.15) is 49.9 Å². The van der Waals surface area contributed by atoms with Crippen LogP contribution in [0.5, 0.6) is 0 Å². The van der Waals surface area contributed by atoms with Gasteiger partial charge in [0.2, 0.25) is 0 Å². The lowest BCUT2D eigenvalue weighted by atomic mass is 9.75. The first-order valence-corrected chi connectivity index (χ1v) is 6.66. The standard InChI is InChI=1S/C15H22N2O/c1-15(2)8-6-13(7-9-15)17(3)14-12(11-18)5-4-10-16-14/h4-5,10-11,13H,6-9H2,1-3H3. The molecule has 1 heterocycles. The molecular formula is C15H22N2O. The Balaban J connectivity index is 2.12. The molecule has 1 aromatic rings. The molecule has 1 saturated carbocycles. The Kier molecular flexibility index (Phi) is 3.69. The number of aromatic nitrogens is 1. The fraction of sp³-hybridized carbons (Fsp3) is 0.600. The molecule has 0 radical (unpaired) electrons. The first kappa shape index (κ1) is 13.1. The molecule has 0 aromatic carbocycles. The van der Waals surface area contributed by atoms with E-state index in [1.54, 1.807) is 6.20 Å². The Morgan fingerprint density at radius 1 is 1.39 bits per heavy atom. The van der Waals surface area contributed by atoms with Gasteiger partial charge in [-0.05, 0) is 43.2 Å². The van der Waals surface area contributed by atoms with E-state index in [0.717, 1.165) is 12.1 Å². The Morgan fingerprint density at radius 3 is 2.67 bits per heavy atom. The number of rotatable bonds is 3. The van der Waals surface area contributed by atoms with Crippen LogP contribution in [0, 0.1) is 5.41 Å². The molecule has 0 saturated heterocycles. The third-order valence-corrected chi connectivity index (χ3v) is 4.13. The molecule has 98 valence electrons. The zero-order valence-corrected chi connectivity index (χ0v) is 11.5. The predicted octanol–water partition coefficient (Wildman–Crippen LogP) is 3.30. The maximum absolute atomic E-state index is 11.1. The molecule has 0 N–H and O–H groups in total. The second-order valence-corrected chi connectivity index (χ2v) is 6.04. The lowest BCUT2D eigenvalue weighted by Gasteiger charge is -2.39. The van der Waals surface area contributed by atoms with Gasteiger partial charge in [0.15, 0.2) is 6.29 Å². The van der Waals surface area contributed by atoms with Gasteiger partial charge in [0.25, 0.3) is 0 Å². The molecule has 0 spiro atoms. The smallest absolute Gasteiger partial charge is 0.153 e. The molecule has 0 atom stereocenters. The maximum atomic E-state index is 11.1. The number of carbonyl (C=O) groups excluding carboxylic acids is 1. The molecule has 1 fully saturated rings. The van der Waals surface area contributed by atoms with E-state index < -0.39 is 0 Å². The topological polar surface area (TPSA) is 33.2 Å². The van der Waals surface area contributed by atoms with Crippen molar-refractivity contribution < 1.29 is 4.79 Å². The summed E-state index contributed by atoms with van der Waals surface area (Å²) in [6.07, 6.45) is 7.49. The minimum Gasteiger partial charge on any atom is -0.356 e. The average molecular weight is 246 g/mol. The van der Waals surface area contributed by atoms with Gasteiger partial charge in [0, 0.05) is 19.3 Å². The molecule has 3 nitrogen and oxygen atoms in total. The van der Waals surface area contributed by atoms with Gasteiger partial charge >= 0.3 is 0 Å². The van der Waals surface area contributed by atoms with Gasteiger partial charge in [-0.2, -0.15) is 0 Å². The summed E-state index contributed by atoms with van der Waals surface area (Å²) in [7, 11) is 2.05. The van der Waals surface area contributed by atoms with E-state index in [0.29, 0.717) is 17.0 Å². The monoisotopic (exact) mass is 246 g/mol. The van der Waals surface area contributed by atoms with Crippen LogP contribution in [0.25, 0.3) is 0 Å². The molecule has 3 heteroatoms. The van der Waals surface area contributed by atoms with E-state index in [9.17, 15) is 4.79 Å². The lowest BCUT2D eigenvalue weighted by molar-refractivity contribution is 0.112. The highest BCUT2D eigenvalue weighted by atomic mass is 16.1. The second kappa shape index (κ2) is 5.09. The maximum Gasteiger partial charge on any atom is 0.153 e. The molecule has 0 amide bonds. The number of hydrogen-bond donors (Lipinski definition) is 0. The summed E-state index contributed by atoms with van der Waals surface area (Å²) in [4.78, 5) is 17.6. The van der Waals surface area contributed by atoms with Crippen LogP contribution >= 0.6 is 0 Å². The number of carbonyl (C=O) groups is 1. The van der Waals surface area contributed by atoms with Crippen molar-refractivity contribution in [2.45, 2.75) is 45.6 Å². The quantitative estimate of drug-likeness (QED) is 0.767. The van der Waals surface area contributed by atoms with Gasteiger partial charge in [-0.1, -0.05) is 13.8 Å². The van der Waals surface area contributed by atoms with Gasteiger partial charge in [0.05, 0.1) is 5.56 Å². The lowest BCUT2D eigenvalue weighted by Crippen LogP contribution is -2.38. The summed E-state index contributed by atoms with van der Waals surface area (Å²) in [6, 6.07) is 4.15. The number of aldehydes is 1. The first-order chi connectivity index (χ1) is 8.53. The van der Waals surface area contributed by atoms with Crippen molar-refractivity contribution in [3.63, 3.8) is 0 Å². The third kappa shape index (κ3) is 2.71. The SMILES string of the molecule is CN(c1ncccc1C=O)C1CCC(C)(C)CC1. The molecule has 1 aliphatic carbocycles. The van der Waals surface area contributed by atoms with Crippen molar-refractivity contribution in [2.24, 2.45) is 5.41 Å². The molecular weight excluding hydrogens is 224 g/mol. The molecule has 1 aliphatic rings. The molecule has 18 heavy (non-hydrogen) atoms. The van der Waals surface area contributed by atoms with E-state index in [2.05, 4.69) is 30.8 Å². The predicted molar refractivity (Wildman–Crippen MR) is 74.1 cm³/mol. The Bertz CT molecular complexity index is 418. The van der Waals surface area contributed by atoms with Crippen molar-refractivity contribution in [3.8, 4) is 0 Å². The minimum atomic E-state index is 0.467. The van der Waals surface area contributed by atoms with Gasteiger partial charge in [-0.15, -0.1) is 0 Å². The highest BCUT2D eigenvalue weighted by Gasteiger charge is 2.29. The highest BCUT2D eigenvalue weighted by molar-refractivity contribution is 5.82. The molecule has 1 aromatic heterocycles. The molecule has 0 aliphatic heterocycles. The third-order valence-electron chi connectivity index (χ3n) is 4.13. The van der Waals surface area contributed by atoms with E-state index in [1.165, 1.54) is 25.7 Å². The Hall–Kier alpha value is -1.38. The molecule has 0 unspecified atom stereocenters. The van der Waals surface area contributed by atoms with Crippen LogP contribution in [-0.4, -0.2) is 24.4 Å². The summed E-state index contributed by atoms with van der Waals surface area (Å²) < 4.78 is 0. The van der Waals surface area contributed by atoms with Crippen molar-refractivity contribution in [1.82, 2.24) is 4.98 Å². The fourth-order valence-electron chi connectivity index (χ4n) is 2.74. The van der Waals surface area contributed by atoms with Crippen LogP contribution in [0.3, 0.4) is 0 Å². The Labute approximate surface area is 109 Å². The second-order valence-electron chi connectivity index (χ2n) is 6.04. The number of anilines is 1. The average Bonchev–Trinajstić information content (AvgIpc) is 2.38. The number of hydrogen-bond acceptors (Lipinski definition) is 3. The van der Waals surface area contributed by atoms with Gasteiger partial charge in [-0.3, -0.25) is 4.79 Å². The van der Waals surface area contributed by atoms with Gasteiger partial charge in [-0.25, -0.2) is 4.98 Å². The van der Waals surface area contributed by atoms with Crippen LogP contribution in [-0.2, 0) is 0 Å². The minimum absolute atomic E-state index is 0.467. The number of pyridine rings is 1. The van der Waals surface area contributed by atoms with Crippen molar-refractivity contribution in [1.29, 1.82) is 0 Å². The van der Waals surface area contributed by atoms with E-state index in [1.807, 2.05) is 12.1 Å². The normalized spacial score (nSPS) is 19.5. The summed E-state index contributed by atoms with van der Waals surface area (Å²) >= 11 is 0. The van der Waals surface area contributed by atoms with Crippen LogP contribution in [0.2, 0.25) is 0 Å².